The number of thioether (sulfide) groups is 1. The molecular formula is C8H12N2OS. The van der Waals surface area contributed by atoms with Gasteiger partial charge >= 0.3 is 0 Å². The molecule has 1 heterocycles. The molecule has 0 aliphatic heterocycles. The Morgan fingerprint density at radius 2 is 2.25 bits per heavy atom. The quantitative estimate of drug-likeness (QED) is 0.711. The number of nitrogens with zero attached hydrogens (tertiary/aromatic N) is 1. The van der Waals surface area contributed by atoms with E-state index < -0.39 is 0 Å². The zero-order chi connectivity index (χ0) is 9.14. The number of pyridine rings is 1. The lowest BCUT2D eigenvalue weighted by Crippen LogP contribution is -1.97. The molecule has 0 unspecified atom stereocenters. The van der Waals surface area contributed by atoms with Crippen LogP contribution in [-0.2, 0) is 0 Å². The third kappa shape index (κ3) is 1.64. The van der Waals surface area contributed by atoms with Gasteiger partial charge in [0, 0.05) is 0 Å². The molecule has 0 bridgehead atoms. The summed E-state index contributed by atoms with van der Waals surface area (Å²) in [6.07, 6.45) is 1.96. The van der Waals surface area contributed by atoms with Gasteiger partial charge < -0.3 is 10.5 Å². The van der Waals surface area contributed by atoms with E-state index in [0.29, 0.717) is 5.82 Å². The third-order valence-corrected chi connectivity index (χ3v) is 2.37. The van der Waals surface area contributed by atoms with Crippen LogP contribution in [0.1, 0.15) is 5.69 Å². The van der Waals surface area contributed by atoms with Crippen LogP contribution in [0.4, 0.5) is 5.82 Å². The van der Waals surface area contributed by atoms with Gasteiger partial charge in [0.1, 0.15) is 11.6 Å². The van der Waals surface area contributed by atoms with Crippen LogP contribution in [0.15, 0.2) is 11.0 Å². The number of hydrogen-bond donors (Lipinski definition) is 1. The molecule has 66 valence electrons. The van der Waals surface area contributed by atoms with E-state index in [4.69, 9.17) is 10.5 Å². The van der Waals surface area contributed by atoms with Gasteiger partial charge in [-0.05, 0) is 19.2 Å². The summed E-state index contributed by atoms with van der Waals surface area (Å²) >= 11 is 1.57. The van der Waals surface area contributed by atoms with Gasteiger partial charge in [-0.3, -0.25) is 0 Å². The maximum Gasteiger partial charge on any atom is 0.141 e. The molecule has 0 radical (unpaired) electrons. The van der Waals surface area contributed by atoms with Gasteiger partial charge in [-0.25, -0.2) is 4.98 Å². The minimum absolute atomic E-state index is 0.570. The number of aryl methyl sites for hydroxylation is 1. The van der Waals surface area contributed by atoms with Crippen LogP contribution in [0, 0.1) is 6.92 Å². The van der Waals surface area contributed by atoms with Crippen LogP contribution < -0.4 is 10.5 Å². The highest BCUT2D eigenvalue weighted by atomic mass is 32.2. The van der Waals surface area contributed by atoms with Crippen LogP contribution in [0.25, 0.3) is 0 Å². The van der Waals surface area contributed by atoms with E-state index in [2.05, 4.69) is 4.98 Å². The molecule has 0 amide bonds. The smallest absolute Gasteiger partial charge is 0.141 e. The predicted molar refractivity (Wildman–Crippen MR) is 51.7 cm³/mol. The van der Waals surface area contributed by atoms with Crippen LogP contribution in [0.5, 0.6) is 5.75 Å². The largest absolute Gasteiger partial charge is 0.495 e. The second kappa shape index (κ2) is 3.67. The van der Waals surface area contributed by atoms with Gasteiger partial charge in [-0.2, -0.15) is 0 Å². The van der Waals surface area contributed by atoms with E-state index in [1.807, 2.05) is 19.2 Å². The van der Waals surface area contributed by atoms with Crippen molar-refractivity contribution in [3.8, 4) is 5.75 Å². The number of rotatable bonds is 2. The molecular weight excluding hydrogens is 172 g/mol. The van der Waals surface area contributed by atoms with Crippen molar-refractivity contribution in [2.75, 3.05) is 19.1 Å². The average molecular weight is 184 g/mol. The third-order valence-electron chi connectivity index (χ3n) is 1.60. The molecule has 0 atom stereocenters. The Hall–Kier alpha value is -0.900. The number of hydrogen-bond acceptors (Lipinski definition) is 4. The molecule has 1 aromatic heterocycles. The summed E-state index contributed by atoms with van der Waals surface area (Å²) in [5.41, 5.74) is 6.49. The van der Waals surface area contributed by atoms with Gasteiger partial charge in [-0.1, -0.05) is 0 Å². The number of nitrogens with two attached hydrogens (primary N) is 1. The standard InChI is InChI=1S/C8H12N2OS/c1-5-6(11-2)4-7(12-3)8(9)10-5/h4H,1-3H3,(H2,9,10). The molecule has 0 spiro atoms. The molecule has 0 aliphatic carbocycles. The lowest BCUT2D eigenvalue weighted by Gasteiger charge is -2.07. The first kappa shape index (κ1) is 9.19. The van der Waals surface area contributed by atoms with Gasteiger partial charge in [0.25, 0.3) is 0 Å². The Kier molecular flexibility index (Phi) is 2.81. The molecule has 4 heteroatoms. The highest BCUT2D eigenvalue weighted by Gasteiger charge is 2.05. The monoisotopic (exact) mass is 184 g/mol. The van der Waals surface area contributed by atoms with Crippen molar-refractivity contribution in [2.24, 2.45) is 0 Å². The summed E-state index contributed by atoms with van der Waals surface area (Å²) in [5.74, 6) is 1.36. The topological polar surface area (TPSA) is 48.1 Å². The molecule has 2 N–H and O–H groups in total. The Morgan fingerprint density at radius 3 is 2.75 bits per heavy atom. The normalized spacial score (nSPS) is 9.92. The minimum Gasteiger partial charge on any atom is -0.495 e. The number of anilines is 1. The molecule has 0 aromatic carbocycles. The number of methoxy groups -OCH3 is 1. The molecule has 1 aromatic rings. The summed E-state index contributed by atoms with van der Waals surface area (Å²) in [6.45, 7) is 1.87. The van der Waals surface area contributed by atoms with Gasteiger partial charge in [-0.15, -0.1) is 11.8 Å². The second-order valence-corrected chi connectivity index (χ2v) is 3.21. The molecule has 0 aliphatic rings. The SMILES string of the molecule is COc1cc(SC)c(N)nc1C. The van der Waals surface area contributed by atoms with E-state index >= 15 is 0 Å². The summed E-state index contributed by atoms with van der Waals surface area (Å²) in [5, 5.41) is 0. The van der Waals surface area contributed by atoms with E-state index in [0.717, 1.165) is 16.3 Å². The molecule has 0 fully saturated rings. The summed E-state index contributed by atoms with van der Waals surface area (Å²) in [7, 11) is 1.63. The molecule has 0 saturated heterocycles. The lowest BCUT2D eigenvalue weighted by molar-refractivity contribution is 0.408. The Labute approximate surface area is 76.3 Å². The zero-order valence-electron chi connectivity index (χ0n) is 7.42. The Balaban J connectivity index is 3.18. The number of nitrogen functional groups attached to an aromatic ring is 1. The van der Waals surface area contributed by atoms with E-state index in [9.17, 15) is 0 Å². The average Bonchev–Trinajstić information content (AvgIpc) is 2.05. The highest BCUT2D eigenvalue weighted by molar-refractivity contribution is 7.98. The maximum absolute atomic E-state index is 5.67. The van der Waals surface area contributed by atoms with Crippen molar-refractivity contribution in [1.82, 2.24) is 4.98 Å². The van der Waals surface area contributed by atoms with Crippen LogP contribution in [-0.4, -0.2) is 18.3 Å². The first-order valence-electron chi connectivity index (χ1n) is 3.54. The number of aromatic nitrogens is 1. The molecule has 12 heavy (non-hydrogen) atoms. The summed E-state index contributed by atoms with van der Waals surface area (Å²) in [4.78, 5) is 5.10. The van der Waals surface area contributed by atoms with Crippen molar-refractivity contribution >= 4 is 17.6 Å². The maximum atomic E-state index is 5.67. The number of ether oxygens (including phenoxy) is 1. The molecule has 1 rings (SSSR count). The minimum atomic E-state index is 0.570. The predicted octanol–water partition coefficient (Wildman–Crippen LogP) is 1.70. The molecule has 0 saturated carbocycles. The Bertz CT molecular complexity index is 263. The highest BCUT2D eigenvalue weighted by Crippen LogP contribution is 2.27. The van der Waals surface area contributed by atoms with E-state index in [1.54, 1.807) is 18.9 Å². The van der Waals surface area contributed by atoms with Crippen molar-refractivity contribution in [3.05, 3.63) is 11.8 Å². The van der Waals surface area contributed by atoms with Crippen LogP contribution in [0.3, 0.4) is 0 Å². The fourth-order valence-electron chi connectivity index (χ4n) is 0.958. The van der Waals surface area contributed by atoms with E-state index in [-0.39, 0.29) is 0 Å². The first-order valence-corrected chi connectivity index (χ1v) is 4.76. The summed E-state index contributed by atoms with van der Waals surface area (Å²) in [6, 6.07) is 1.91. The van der Waals surface area contributed by atoms with Crippen molar-refractivity contribution in [3.63, 3.8) is 0 Å². The summed E-state index contributed by atoms with van der Waals surface area (Å²) < 4.78 is 5.11. The van der Waals surface area contributed by atoms with Gasteiger partial charge in [0.15, 0.2) is 0 Å². The first-order chi connectivity index (χ1) is 5.69. The fraction of sp³-hybridized carbons (Fsp3) is 0.375. The van der Waals surface area contributed by atoms with Crippen molar-refractivity contribution in [1.29, 1.82) is 0 Å². The lowest BCUT2D eigenvalue weighted by atomic mass is 10.3. The van der Waals surface area contributed by atoms with E-state index in [1.165, 1.54) is 0 Å². The van der Waals surface area contributed by atoms with Crippen molar-refractivity contribution in [2.45, 2.75) is 11.8 Å². The van der Waals surface area contributed by atoms with Crippen LogP contribution in [0.2, 0.25) is 0 Å². The molecule has 3 nitrogen and oxygen atoms in total. The zero-order valence-corrected chi connectivity index (χ0v) is 8.23. The fourth-order valence-corrected chi connectivity index (χ4v) is 1.44. The Morgan fingerprint density at radius 1 is 1.58 bits per heavy atom. The second-order valence-electron chi connectivity index (χ2n) is 2.36. The van der Waals surface area contributed by atoms with Gasteiger partial charge in [0.05, 0.1) is 17.7 Å². The van der Waals surface area contributed by atoms with Crippen molar-refractivity contribution < 1.29 is 4.74 Å². The van der Waals surface area contributed by atoms with Crippen LogP contribution >= 0.6 is 11.8 Å². The van der Waals surface area contributed by atoms with Gasteiger partial charge in [0.2, 0.25) is 0 Å².